The number of hydrogen-bond acceptors (Lipinski definition) is 13. The highest BCUT2D eigenvalue weighted by Crippen LogP contribution is 2.46. The van der Waals surface area contributed by atoms with Gasteiger partial charge in [-0.3, -0.25) is 47.7 Å². The molecule has 93 heavy (non-hydrogen) atoms. The van der Waals surface area contributed by atoms with Crippen molar-refractivity contribution in [1.82, 2.24) is 54.8 Å². The number of amides is 7. The van der Waals surface area contributed by atoms with Gasteiger partial charge in [-0.15, -0.1) is 11.3 Å². The van der Waals surface area contributed by atoms with Crippen LogP contribution in [0.1, 0.15) is 87.3 Å². The number of benzene rings is 5. The molecule has 5 aromatic carbocycles. The number of carbonyl (C=O) groups is 8. The van der Waals surface area contributed by atoms with Crippen molar-refractivity contribution in [3.8, 4) is 27.4 Å². The average molecular weight is 1300 g/mol. The summed E-state index contributed by atoms with van der Waals surface area (Å²) in [6.07, 6.45) is 5.90. The van der Waals surface area contributed by atoms with Crippen LogP contribution in [0, 0.1) is 17.7 Å². The Labute approximate surface area is 542 Å². The van der Waals surface area contributed by atoms with Gasteiger partial charge in [0, 0.05) is 99.6 Å². The molecule has 3 aromatic heterocycles. The first-order valence-corrected chi connectivity index (χ1v) is 33.0. The van der Waals surface area contributed by atoms with Crippen LogP contribution in [0.25, 0.3) is 53.7 Å². The number of aryl methyl sites for hydroxylation is 1. The quantitative estimate of drug-likeness (QED) is 0.0763. The first-order chi connectivity index (χ1) is 45.0. The van der Waals surface area contributed by atoms with E-state index in [9.17, 15) is 24.0 Å². The molecule has 5 saturated heterocycles. The smallest absolute Gasteiger partial charge is 0.322 e. The van der Waals surface area contributed by atoms with E-state index in [1.54, 1.807) is 52.0 Å². The number of ether oxygens (including phenoxy) is 1. The Morgan fingerprint density at radius 3 is 2.33 bits per heavy atom. The molecule has 1 aliphatic carbocycles. The summed E-state index contributed by atoms with van der Waals surface area (Å²) in [5.41, 5.74) is 3.96. The second kappa shape index (κ2) is 25.0. The zero-order valence-corrected chi connectivity index (χ0v) is 52.6. The lowest BCUT2D eigenvalue weighted by Crippen LogP contribution is -2.64. The van der Waals surface area contributed by atoms with Crippen LogP contribution in [0.4, 0.5) is 10.1 Å². The van der Waals surface area contributed by atoms with Crippen LogP contribution in [-0.4, -0.2) is 167 Å². The van der Waals surface area contributed by atoms with Crippen molar-refractivity contribution < 1.29 is 52.6 Å². The van der Waals surface area contributed by atoms with Gasteiger partial charge in [0.2, 0.25) is 35.4 Å². The molecular weight excluding hydrogens is 1230 g/mol. The number of para-hydroxylation sites is 2. The maximum absolute atomic E-state index is 16.3. The zero-order chi connectivity index (χ0) is 64.4. The molecule has 25 heteroatoms. The molecule has 8 aromatic rings. The van der Waals surface area contributed by atoms with Crippen LogP contribution in [-0.2, 0) is 51.9 Å². The average Bonchev–Trinajstić information content (AvgIpc) is 1.52. The Balaban J connectivity index is 0.701. The van der Waals surface area contributed by atoms with E-state index in [0.717, 1.165) is 22.2 Å². The number of carboxylic acids is 1. The molecule has 0 spiro atoms. The molecule has 5 atom stereocenters. The predicted molar refractivity (Wildman–Crippen MR) is 344 cm³/mol. The van der Waals surface area contributed by atoms with E-state index in [1.165, 1.54) is 22.1 Å². The van der Waals surface area contributed by atoms with Crippen molar-refractivity contribution in [3.63, 3.8) is 0 Å². The minimum atomic E-state index is -1.52. The van der Waals surface area contributed by atoms with Gasteiger partial charge in [0.05, 0.1) is 62.1 Å². The Morgan fingerprint density at radius 2 is 1.54 bits per heavy atom. The van der Waals surface area contributed by atoms with E-state index in [1.807, 2.05) is 76.5 Å². The van der Waals surface area contributed by atoms with E-state index in [0.29, 0.717) is 130 Å². The van der Waals surface area contributed by atoms with Gasteiger partial charge in [-0.05, 0) is 111 Å². The second-order valence-corrected chi connectivity index (χ2v) is 26.8. The number of nitrogens with one attached hydrogen (secondary N) is 3. The van der Waals surface area contributed by atoms with Crippen LogP contribution in [0.2, 0.25) is 5.02 Å². The Morgan fingerprint density at radius 1 is 0.785 bits per heavy atom. The SMILES string of the molecule is Cn1ncc2cc(F)c(-c3cccc4c3c(C3CCN(C(=O)C5CC6CCC5N(C(=O)[C@@H]5CCCN5C(=O)C5(Oc7ccccc7-c7nc8cccc(Cl)c8s7)CCN(C(=O)[C@H]7CC(=O)Nc8ccccc87)CC5)C6)CC3)nn4CC(=O)NCC(=O)NCC(=O)O)cc21. The molecule has 22 nitrogen and oxygen atoms in total. The lowest BCUT2D eigenvalue weighted by atomic mass is 9.71. The number of halogens is 2. The number of hydrogen-bond donors (Lipinski definition) is 4. The van der Waals surface area contributed by atoms with Crippen LogP contribution in [0.15, 0.2) is 103 Å². The third-order valence-corrected chi connectivity index (χ3v) is 21.4. The normalized spacial score (nSPS) is 21.2. The number of anilines is 1. The topological polar surface area (TPSA) is 264 Å². The summed E-state index contributed by atoms with van der Waals surface area (Å²) in [6, 6.07) is 27.6. The van der Waals surface area contributed by atoms with Crippen molar-refractivity contribution >= 4 is 108 Å². The van der Waals surface area contributed by atoms with Gasteiger partial charge in [-0.25, -0.2) is 9.37 Å². The van der Waals surface area contributed by atoms with Crippen molar-refractivity contribution in [2.45, 2.75) is 100 Å². The number of carbonyl (C=O) groups excluding carboxylic acids is 7. The maximum Gasteiger partial charge on any atom is 0.322 e. The lowest BCUT2D eigenvalue weighted by molar-refractivity contribution is -0.164. The van der Waals surface area contributed by atoms with Crippen molar-refractivity contribution in [2.75, 3.05) is 57.7 Å². The van der Waals surface area contributed by atoms with Crippen LogP contribution < -0.4 is 20.7 Å². The second-order valence-electron chi connectivity index (χ2n) is 25.4. The molecule has 4 N–H and O–H groups in total. The van der Waals surface area contributed by atoms with Gasteiger partial charge in [0.1, 0.15) is 35.7 Å². The molecule has 6 fully saturated rings. The number of fused-ring (bicyclic) bond motifs is 7. The van der Waals surface area contributed by atoms with Gasteiger partial charge in [-0.1, -0.05) is 60.1 Å². The number of piperidine rings is 4. The van der Waals surface area contributed by atoms with Gasteiger partial charge < -0.3 is 45.4 Å². The van der Waals surface area contributed by atoms with Crippen molar-refractivity contribution in [3.05, 3.63) is 125 Å². The molecule has 0 radical (unpaired) electrons. The predicted octanol–water partition coefficient (Wildman–Crippen LogP) is 7.87. The fraction of sp³-hybridized carbons (Fsp3) is 0.397. The first-order valence-electron chi connectivity index (χ1n) is 31.8. The summed E-state index contributed by atoms with van der Waals surface area (Å²) in [5, 5.41) is 28.5. The number of aliphatic carboxylic acids is 1. The molecular formula is C68H68ClFN12O10S. The third-order valence-electron chi connectivity index (χ3n) is 19.8. The summed E-state index contributed by atoms with van der Waals surface area (Å²) in [6.45, 7) is 0.464. The van der Waals surface area contributed by atoms with E-state index < -0.39 is 66.2 Å². The van der Waals surface area contributed by atoms with Gasteiger partial charge in [-0.2, -0.15) is 10.2 Å². The standard InChI is InChI=1S/C68H68ClFN12O10S/c1-77-54-31-44(48(70)30-40(54)33-73-77)42-11-6-15-52-60(42)61(76-82(52)37-58(85)71-34-57(84)72-35-59(86)87)39-20-25-78(26-21-39)65(89)46-29-38-18-19-51(46)81(36-38)66(90)53-16-8-24-80(53)67(91)68(92-55-17-5-3-10-43(55)63-75-50-14-7-12-47(69)62(50)93-63)22-27-79(28-23-68)64(88)45-32-56(83)74-49-13-4-2-9-41(45)49/h2-7,9-15,17,30-31,33,38-39,45-46,51,53H,8,16,18-29,32,34-37H2,1H3,(H,71,85)(H,72,84)(H,74,83)(H,86,87)/t38?,45-,46?,51?,53-/m0/s1. The minimum Gasteiger partial charge on any atom is -0.480 e. The molecule has 7 aliphatic rings. The number of carboxylic acid groups (broad SMARTS) is 1. The van der Waals surface area contributed by atoms with Crippen molar-refractivity contribution in [1.29, 1.82) is 0 Å². The first kappa shape index (κ1) is 61.2. The molecule has 480 valence electrons. The maximum atomic E-state index is 16.3. The highest BCUT2D eigenvalue weighted by molar-refractivity contribution is 7.22. The minimum absolute atomic E-state index is 0.00687. The fourth-order valence-corrected chi connectivity index (χ4v) is 16.5. The molecule has 1 saturated carbocycles. The van der Waals surface area contributed by atoms with Crippen LogP contribution in [0.5, 0.6) is 5.75 Å². The summed E-state index contributed by atoms with van der Waals surface area (Å²) >= 11 is 8.07. The monoisotopic (exact) mass is 1300 g/mol. The highest BCUT2D eigenvalue weighted by Gasteiger charge is 2.54. The molecule has 6 aliphatic heterocycles. The van der Waals surface area contributed by atoms with Crippen LogP contribution >= 0.6 is 22.9 Å². The molecule has 9 heterocycles. The Hall–Kier alpha value is -9.29. The third kappa shape index (κ3) is 11.6. The largest absolute Gasteiger partial charge is 0.480 e. The lowest BCUT2D eigenvalue weighted by Gasteiger charge is -2.51. The van der Waals surface area contributed by atoms with Gasteiger partial charge >= 0.3 is 5.97 Å². The summed E-state index contributed by atoms with van der Waals surface area (Å²) < 4.78 is 27.5. The summed E-state index contributed by atoms with van der Waals surface area (Å²) in [4.78, 5) is 123. The Bertz CT molecular complexity index is 4360. The fourth-order valence-electron chi connectivity index (χ4n) is 15.2. The summed E-state index contributed by atoms with van der Waals surface area (Å²) in [5.74, 6) is -4.88. The van der Waals surface area contributed by atoms with Gasteiger partial charge in [0.15, 0.2) is 5.60 Å². The van der Waals surface area contributed by atoms with E-state index in [-0.39, 0.29) is 80.3 Å². The number of likely N-dealkylation sites (tertiary alicyclic amines) is 3. The van der Waals surface area contributed by atoms with E-state index >= 15 is 18.8 Å². The number of aromatic nitrogens is 5. The molecule has 2 bridgehead atoms. The summed E-state index contributed by atoms with van der Waals surface area (Å²) in [7, 11) is 1.78. The van der Waals surface area contributed by atoms with E-state index in [2.05, 4.69) is 21.0 Å². The highest BCUT2D eigenvalue weighted by atomic mass is 35.5. The molecule has 3 unspecified atom stereocenters. The number of rotatable bonds is 15. The molecule has 7 amide bonds. The van der Waals surface area contributed by atoms with Crippen LogP contribution in [0.3, 0.4) is 0 Å². The Kier molecular flexibility index (Phi) is 16.4. The molecule has 15 rings (SSSR count). The number of thiazole rings is 1. The zero-order valence-electron chi connectivity index (χ0n) is 51.0. The van der Waals surface area contributed by atoms with Gasteiger partial charge in [0.25, 0.3) is 5.91 Å². The van der Waals surface area contributed by atoms with E-state index in [4.69, 9.17) is 31.5 Å². The van der Waals surface area contributed by atoms with Crippen molar-refractivity contribution in [2.24, 2.45) is 18.9 Å². The number of nitrogens with zero attached hydrogens (tertiary/aromatic N) is 9.